The summed E-state index contributed by atoms with van der Waals surface area (Å²) in [6, 6.07) is 0. The van der Waals surface area contributed by atoms with Crippen LogP contribution in [0.25, 0.3) is 0 Å². The molecule has 1 fully saturated rings. The van der Waals surface area contributed by atoms with E-state index in [0.717, 1.165) is 6.42 Å². The highest BCUT2D eigenvalue weighted by Gasteiger charge is 2.21. The van der Waals surface area contributed by atoms with Crippen LogP contribution in [-0.2, 0) is 0 Å². The van der Waals surface area contributed by atoms with E-state index in [1.807, 2.05) is 0 Å². The van der Waals surface area contributed by atoms with Gasteiger partial charge in [-0.05, 0) is 12.3 Å². The minimum Gasteiger partial charge on any atom is -0.211 e. The zero-order valence-electron chi connectivity index (χ0n) is 4.74. The SMILES string of the molecule is FC(F)CCC1CC1. The predicted octanol–water partition coefficient (Wildman–Crippen LogP) is 2.44. The first-order chi connectivity index (χ1) is 3.79. The highest BCUT2D eigenvalue weighted by Crippen LogP contribution is 2.34. The Bertz CT molecular complexity index is 64.9. The van der Waals surface area contributed by atoms with Gasteiger partial charge in [-0.25, -0.2) is 8.78 Å². The first-order valence-electron chi connectivity index (χ1n) is 3.07. The van der Waals surface area contributed by atoms with Crippen LogP contribution in [0.5, 0.6) is 0 Å². The highest BCUT2D eigenvalue weighted by atomic mass is 19.3. The van der Waals surface area contributed by atoms with Crippen molar-refractivity contribution in [2.24, 2.45) is 5.92 Å². The summed E-state index contributed by atoms with van der Waals surface area (Å²) >= 11 is 0. The lowest BCUT2D eigenvalue weighted by atomic mass is 10.2. The lowest BCUT2D eigenvalue weighted by molar-refractivity contribution is 0.132. The zero-order valence-corrected chi connectivity index (χ0v) is 4.74. The van der Waals surface area contributed by atoms with Crippen LogP contribution < -0.4 is 0 Å². The predicted molar refractivity (Wildman–Crippen MR) is 28.0 cm³/mol. The Morgan fingerprint density at radius 1 is 1.38 bits per heavy atom. The van der Waals surface area contributed by atoms with Gasteiger partial charge in [-0.15, -0.1) is 0 Å². The van der Waals surface area contributed by atoms with Crippen LogP contribution in [0, 0.1) is 5.92 Å². The summed E-state index contributed by atoms with van der Waals surface area (Å²) in [5.41, 5.74) is 0. The molecule has 0 unspecified atom stereocenters. The minimum atomic E-state index is -2.07. The lowest BCUT2D eigenvalue weighted by Crippen LogP contribution is -1.89. The third-order valence-electron chi connectivity index (χ3n) is 1.49. The summed E-state index contributed by atoms with van der Waals surface area (Å²) in [7, 11) is 0. The molecule has 2 heteroatoms. The third kappa shape index (κ3) is 2.24. The molecule has 0 saturated heterocycles. The monoisotopic (exact) mass is 120 g/mol. The molecular weight excluding hydrogens is 110 g/mol. The summed E-state index contributed by atoms with van der Waals surface area (Å²) in [5, 5.41) is 0. The van der Waals surface area contributed by atoms with Crippen LogP contribution in [-0.4, -0.2) is 6.43 Å². The van der Waals surface area contributed by atoms with Crippen molar-refractivity contribution in [1.82, 2.24) is 0 Å². The van der Waals surface area contributed by atoms with Crippen LogP contribution in [0.15, 0.2) is 0 Å². The van der Waals surface area contributed by atoms with Gasteiger partial charge in [-0.2, -0.15) is 0 Å². The standard InChI is InChI=1S/C6H10F2/c7-6(8)4-3-5-1-2-5/h5-6H,1-4H2. The van der Waals surface area contributed by atoms with E-state index in [9.17, 15) is 8.78 Å². The summed E-state index contributed by atoms with van der Waals surface area (Å²) in [4.78, 5) is 0. The first-order valence-corrected chi connectivity index (χ1v) is 3.07. The Kier molecular flexibility index (Phi) is 1.81. The van der Waals surface area contributed by atoms with Crippen molar-refractivity contribution in [2.75, 3.05) is 0 Å². The minimum absolute atomic E-state index is 0.116. The molecule has 0 radical (unpaired) electrons. The highest BCUT2D eigenvalue weighted by molar-refractivity contribution is 4.72. The number of hydrogen-bond donors (Lipinski definition) is 0. The number of halogens is 2. The second-order valence-electron chi connectivity index (χ2n) is 2.41. The fourth-order valence-electron chi connectivity index (χ4n) is 0.768. The average Bonchev–Trinajstić information content (AvgIpc) is 2.41. The van der Waals surface area contributed by atoms with Crippen molar-refractivity contribution >= 4 is 0 Å². The van der Waals surface area contributed by atoms with E-state index in [1.165, 1.54) is 12.8 Å². The van der Waals surface area contributed by atoms with Crippen LogP contribution in [0.3, 0.4) is 0 Å². The Morgan fingerprint density at radius 3 is 2.38 bits per heavy atom. The van der Waals surface area contributed by atoms with E-state index in [1.54, 1.807) is 0 Å². The molecule has 0 spiro atoms. The quantitative estimate of drug-likeness (QED) is 0.536. The van der Waals surface area contributed by atoms with Gasteiger partial charge in [0.1, 0.15) is 0 Å². The van der Waals surface area contributed by atoms with Crippen LogP contribution in [0.1, 0.15) is 25.7 Å². The Hall–Kier alpha value is -0.140. The molecule has 0 atom stereocenters. The van der Waals surface area contributed by atoms with Gasteiger partial charge in [0, 0.05) is 6.42 Å². The van der Waals surface area contributed by atoms with E-state index in [0.29, 0.717) is 5.92 Å². The largest absolute Gasteiger partial charge is 0.238 e. The van der Waals surface area contributed by atoms with Gasteiger partial charge in [-0.1, -0.05) is 12.8 Å². The van der Waals surface area contributed by atoms with Gasteiger partial charge in [0.2, 0.25) is 6.43 Å². The molecule has 0 aliphatic heterocycles. The van der Waals surface area contributed by atoms with Crippen LogP contribution in [0.4, 0.5) is 8.78 Å². The number of rotatable bonds is 3. The van der Waals surface area contributed by atoms with E-state index < -0.39 is 6.43 Å². The molecule has 48 valence electrons. The molecule has 8 heavy (non-hydrogen) atoms. The third-order valence-corrected chi connectivity index (χ3v) is 1.49. The second-order valence-corrected chi connectivity index (χ2v) is 2.41. The van der Waals surface area contributed by atoms with Gasteiger partial charge in [0.05, 0.1) is 0 Å². The van der Waals surface area contributed by atoms with E-state index >= 15 is 0 Å². The van der Waals surface area contributed by atoms with Gasteiger partial charge in [-0.3, -0.25) is 0 Å². The molecule has 0 aromatic rings. The summed E-state index contributed by atoms with van der Waals surface area (Å²) < 4.78 is 22.8. The van der Waals surface area contributed by atoms with E-state index in [4.69, 9.17) is 0 Å². The van der Waals surface area contributed by atoms with Gasteiger partial charge in [0.25, 0.3) is 0 Å². The molecule has 0 nitrogen and oxygen atoms in total. The zero-order chi connectivity index (χ0) is 5.98. The van der Waals surface area contributed by atoms with Crippen molar-refractivity contribution in [3.05, 3.63) is 0 Å². The number of hydrogen-bond acceptors (Lipinski definition) is 0. The fourth-order valence-corrected chi connectivity index (χ4v) is 0.768. The van der Waals surface area contributed by atoms with Crippen molar-refractivity contribution in [2.45, 2.75) is 32.1 Å². The Labute approximate surface area is 47.9 Å². The van der Waals surface area contributed by atoms with Crippen molar-refractivity contribution in [1.29, 1.82) is 0 Å². The molecule has 1 saturated carbocycles. The maximum atomic E-state index is 11.4. The van der Waals surface area contributed by atoms with Gasteiger partial charge < -0.3 is 0 Å². The normalized spacial score (nSPS) is 19.9. The molecule has 0 aromatic heterocycles. The smallest absolute Gasteiger partial charge is 0.211 e. The van der Waals surface area contributed by atoms with Gasteiger partial charge >= 0.3 is 0 Å². The van der Waals surface area contributed by atoms with Crippen molar-refractivity contribution in [3.63, 3.8) is 0 Å². The maximum Gasteiger partial charge on any atom is 0.238 e. The molecule has 0 bridgehead atoms. The summed E-state index contributed by atoms with van der Waals surface area (Å²) in [5.74, 6) is 0.656. The second kappa shape index (κ2) is 2.42. The Morgan fingerprint density at radius 2 is 2.00 bits per heavy atom. The molecule has 0 amide bonds. The van der Waals surface area contributed by atoms with Crippen LogP contribution in [0.2, 0.25) is 0 Å². The topological polar surface area (TPSA) is 0 Å². The molecule has 0 aromatic carbocycles. The Balaban J connectivity index is 1.87. The van der Waals surface area contributed by atoms with Crippen molar-refractivity contribution < 1.29 is 8.78 Å². The molecule has 0 heterocycles. The van der Waals surface area contributed by atoms with Gasteiger partial charge in [0.15, 0.2) is 0 Å². The molecule has 1 aliphatic rings. The van der Waals surface area contributed by atoms with Crippen molar-refractivity contribution in [3.8, 4) is 0 Å². The first kappa shape index (κ1) is 5.99. The molecule has 0 N–H and O–H groups in total. The summed E-state index contributed by atoms with van der Waals surface area (Å²) in [6.07, 6.45) is 1.16. The molecule has 1 aliphatic carbocycles. The summed E-state index contributed by atoms with van der Waals surface area (Å²) in [6.45, 7) is 0. The molecule has 1 rings (SSSR count). The maximum absolute atomic E-state index is 11.4. The average molecular weight is 120 g/mol. The molecular formula is C6H10F2. The van der Waals surface area contributed by atoms with E-state index in [-0.39, 0.29) is 6.42 Å². The van der Waals surface area contributed by atoms with E-state index in [2.05, 4.69) is 0 Å². The van der Waals surface area contributed by atoms with Crippen LogP contribution >= 0.6 is 0 Å². The lowest BCUT2D eigenvalue weighted by Gasteiger charge is -1.93. The fraction of sp³-hybridized carbons (Fsp3) is 1.00. The number of alkyl halides is 2.